The number of non-ortho nitro benzene ring substituents is 1. The Morgan fingerprint density at radius 3 is 2.27 bits per heavy atom. The van der Waals surface area contributed by atoms with Crippen LogP contribution in [0.25, 0.3) is 0 Å². The van der Waals surface area contributed by atoms with Crippen LogP contribution in [-0.2, 0) is 10.0 Å². The Hall–Kier alpha value is -2.78. The highest BCUT2D eigenvalue weighted by molar-refractivity contribution is 7.90. The Morgan fingerprint density at radius 1 is 1.07 bits per heavy atom. The van der Waals surface area contributed by atoms with Gasteiger partial charge < -0.3 is 5.32 Å². The Labute approximate surface area is 175 Å². The number of amides is 1. The van der Waals surface area contributed by atoms with Crippen LogP contribution in [-0.4, -0.2) is 30.5 Å². The first-order valence-electron chi connectivity index (χ1n) is 9.84. The van der Waals surface area contributed by atoms with E-state index >= 15 is 0 Å². The van der Waals surface area contributed by atoms with Crippen LogP contribution in [0, 0.1) is 10.1 Å². The summed E-state index contributed by atoms with van der Waals surface area (Å²) in [5.41, 5.74) is 1.87. The second-order valence-corrected chi connectivity index (χ2v) is 10.0. The van der Waals surface area contributed by atoms with Crippen molar-refractivity contribution < 1.29 is 18.1 Å². The van der Waals surface area contributed by atoms with E-state index in [0.717, 1.165) is 24.8 Å². The van der Waals surface area contributed by atoms with Crippen molar-refractivity contribution in [1.29, 1.82) is 0 Å². The minimum absolute atomic E-state index is 0.0740. The van der Waals surface area contributed by atoms with Crippen LogP contribution in [0.3, 0.4) is 0 Å². The fourth-order valence-corrected chi connectivity index (χ4v) is 4.57. The summed E-state index contributed by atoms with van der Waals surface area (Å²) in [4.78, 5) is 22.5. The van der Waals surface area contributed by atoms with E-state index in [9.17, 15) is 23.3 Å². The summed E-state index contributed by atoms with van der Waals surface area (Å²) in [6.07, 6.45) is 2.66. The van der Waals surface area contributed by atoms with Gasteiger partial charge in [-0.1, -0.05) is 18.6 Å². The fraction of sp³-hybridized carbons (Fsp3) is 0.381. The molecular formula is C21H25N3O5S. The maximum Gasteiger partial charge on any atom is 0.269 e. The van der Waals surface area contributed by atoms with Gasteiger partial charge >= 0.3 is 0 Å². The zero-order valence-corrected chi connectivity index (χ0v) is 17.7. The summed E-state index contributed by atoms with van der Waals surface area (Å²) < 4.78 is 27.3. The molecule has 8 nitrogen and oxygen atoms in total. The van der Waals surface area contributed by atoms with Gasteiger partial charge in [-0.3, -0.25) is 14.9 Å². The Bertz CT molecular complexity index is 1020. The molecule has 0 saturated heterocycles. The van der Waals surface area contributed by atoms with Crippen molar-refractivity contribution >= 4 is 27.3 Å². The number of nitro groups is 1. The molecule has 0 aromatic heterocycles. The van der Waals surface area contributed by atoms with Crippen molar-refractivity contribution in [2.24, 2.45) is 0 Å². The molecule has 2 unspecified atom stereocenters. The van der Waals surface area contributed by atoms with Crippen molar-refractivity contribution in [3.05, 3.63) is 69.8 Å². The highest BCUT2D eigenvalue weighted by Gasteiger charge is 2.32. The first-order valence-corrected chi connectivity index (χ1v) is 11.4. The molecule has 1 fully saturated rings. The molecule has 2 atom stereocenters. The first kappa shape index (κ1) is 21.9. The summed E-state index contributed by atoms with van der Waals surface area (Å²) in [6, 6.07) is 12.6. The van der Waals surface area contributed by atoms with Crippen LogP contribution in [0.5, 0.6) is 0 Å². The molecule has 0 bridgehead atoms. The number of nitro benzene ring substituents is 1. The van der Waals surface area contributed by atoms with Gasteiger partial charge in [-0.15, -0.1) is 0 Å². The number of sulfonamides is 1. The van der Waals surface area contributed by atoms with Crippen LogP contribution in [0.15, 0.2) is 48.5 Å². The molecule has 1 amide bonds. The van der Waals surface area contributed by atoms with E-state index in [2.05, 4.69) is 10.0 Å². The lowest BCUT2D eigenvalue weighted by atomic mass is 9.94. The van der Waals surface area contributed by atoms with Crippen LogP contribution in [0.2, 0.25) is 0 Å². The highest BCUT2D eigenvalue weighted by atomic mass is 32.2. The minimum atomic E-state index is -3.33. The van der Waals surface area contributed by atoms with E-state index in [1.165, 1.54) is 24.3 Å². The van der Waals surface area contributed by atoms with E-state index in [1.54, 1.807) is 26.0 Å². The van der Waals surface area contributed by atoms with Gasteiger partial charge in [-0.2, -0.15) is 0 Å². The van der Waals surface area contributed by atoms with E-state index in [-0.39, 0.29) is 23.6 Å². The Kier molecular flexibility index (Phi) is 6.52. The molecule has 2 aromatic carbocycles. The molecule has 2 aromatic rings. The largest absolute Gasteiger partial charge is 0.322 e. The van der Waals surface area contributed by atoms with Crippen molar-refractivity contribution in [1.82, 2.24) is 4.72 Å². The molecule has 1 aliphatic carbocycles. The quantitative estimate of drug-likeness (QED) is 0.510. The van der Waals surface area contributed by atoms with Gasteiger partial charge in [-0.05, 0) is 56.5 Å². The summed E-state index contributed by atoms with van der Waals surface area (Å²) in [5.74, 6) is -0.265. The van der Waals surface area contributed by atoms with Gasteiger partial charge in [0.1, 0.15) is 0 Å². The molecule has 3 rings (SSSR count). The molecule has 0 radical (unpaired) electrons. The number of carbonyl (C=O) groups is 1. The van der Waals surface area contributed by atoms with Crippen LogP contribution in [0.4, 0.5) is 11.4 Å². The number of nitrogens with zero attached hydrogens (tertiary/aromatic N) is 1. The van der Waals surface area contributed by atoms with Crippen molar-refractivity contribution in [3.8, 4) is 0 Å². The Balaban J connectivity index is 1.67. The molecule has 2 N–H and O–H groups in total. The lowest BCUT2D eigenvalue weighted by Crippen LogP contribution is -2.40. The maximum atomic E-state index is 12.4. The van der Waals surface area contributed by atoms with Crippen LogP contribution < -0.4 is 10.0 Å². The van der Waals surface area contributed by atoms with E-state index in [0.29, 0.717) is 11.3 Å². The molecule has 1 saturated carbocycles. The first-order chi connectivity index (χ1) is 14.2. The number of rotatable bonds is 7. The predicted molar refractivity (Wildman–Crippen MR) is 115 cm³/mol. The molecule has 0 aliphatic heterocycles. The van der Waals surface area contributed by atoms with Crippen molar-refractivity contribution in [3.63, 3.8) is 0 Å². The monoisotopic (exact) mass is 431 g/mol. The average molecular weight is 432 g/mol. The molecule has 0 heterocycles. The van der Waals surface area contributed by atoms with Gasteiger partial charge in [0.25, 0.3) is 11.6 Å². The zero-order valence-electron chi connectivity index (χ0n) is 16.9. The lowest BCUT2D eigenvalue weighted by molar-refractivity contribution is -0.384. The highest BCUT2D eigenvalue weighted by Crippen LogP contribution is 2.35. The van der Waals surface area contributed by atoms with Gasteiger partial charge in [0.2, 0.25) is 10.0 Å². The SMILES string of the molecule is CC(C)S(=O)(=O)NC1CCCC1c1ccc(NC(=O)c2ccc([N+](=O)[O-])cc2)cc1. The number of carbonyl (C=O) groups excluding carboxylic acids is 1. The molecule has 0 spiro atoms. The standard InChI is InChI=1S/C21H25N3O5S/c1-14(2)30(28,29)23-20-5-3-4-19(20)15-6-10-17(11-7-15)22-21(25)16-8-12-18(13-9-16)24(26)27/h6-14,19-20,23H,3-5H2,1-2H3,(H,22,25). The van der Waals surface area contributed by atoms with Crippen LogP contribution in [0.1, 0.15) is 54.9 Å². The molecule has 30 heavy (non-hydrogen) atoms. The zero-order chi connectivity index (χ0) is 21.9. The van der Waals surface area contributed by atoms with E-state index in [4.69, 9.17) is 0 Å². The van der Waals surface area contributed by atoms with Gasteiger partial charge in [0, 0.05) is 35.3 Å². The smallest absolute Gasteiger partial charge is 0.269 e. The number of hydrogen-bond donors (Lipinski definition) is 2. The normalized spacial score (nSPS) is 19.0. The minimum Gasteiger partial charge on any atom is -0.322 e. The van der Waals surface area contributed by atoms with Crippen molar-refractivity contribution in [2.75, 3.05) is 5.32 Å². The second-order valence-electron chi connectivity index (χ2n) is 7.74. The third-order valence-corrected chi connectivity index (χ3v) is 7.26. The number of nitrogens with one attached hydrogen (secondary N) is 2. The predicted octanol–water partition coefficient (Wildman–Crippen LogP) is 3.81. The topological polar surface area (TPSA) is 118 Å². The van der Waals surface area contributed by atoms with E-state index < -0.39 is 20.2 Å². The third kappa shape index (κ3) is 5.03. The number of hydrogen-bond acceptors (Lipinski definition) is 5. The fourth-order valence-electron chi connectivity index (χ4n) is 3.60. The Morgan fingerprint density at radius 2 is 1.70 bits per heavy atom. The molecule has 9 heteroatoms. The summed E-state index contributed by atoms with van der Waals surface area (Å²) in [7, 11) is -3.33. The summed E-state index contributed by atoms with van der Waals surface area (Å²) >= 11 is 0. The van der Waals surface area contributed by atoms with Gasteiger partial charge in [-0.25, -0.2) is 13.1 Å². The lowest BCUT2D eigenvalue weighted by Gasteiger charge is -2.22. The third-order valence-electron chi connectivity index (χ3n) is 5.39. The summed E-state index contributed by atoms with van der Waals surface area (Å²) in [5, 5.41) is 13.0. The van der Waals surface area contributed by atoms with Crippen molar-refractivity contribution in [2.45, 2.75) is 50.3 Å². The summed E-state index contributed by atoms with van der Waals surface area (Å²) in [6.45, 7) is 3.32. The number of benzene rings is 2. The molecule has 160 valence electrons. The average Bonchev–Trinajstić information content (AvgIpc) is 3.16. The van der Waals surface area contributed by atoms with E-state index in [1.807, 2.05) is 12.1 Å². The second kappa shape index (κ2) is 8.93. The molecular weight excluding hydrogens is 406 g/mol. The maximum absolute atomic E-state index is 12.4. The van der Waals surface area contributed by atoms with Gasteiger partial charge in [0.15, 0.2) is 0 Å². The number of anilines is 1. The van der Waals surface area contributed by atoms with Crippen LogP contribution >= 0.6 is 0 Å². The molecule has 1 aliphatic rings. The van der Waals surface area contributed by atoms with Gasteiger partial charge in [0.05, 0.1) is 10.2 Å².